The summed E-state index contributed by atoms with van der Waals surface area (Å²) in [5.74, 6) is 0.377. The number of nitrogens with one attached hydrogen (secondary N) is 1. The SMILES string of the molecule is NC(=Nc1cccc2ccccc12)Nc1ccc2ccccc2c1. The number of hydrogen-bond acceptors (Lipinski definition) is 1. The summed E-state index contributed by atoms with van der Waals surface area (Å²) in [4.78, 5) is 4.55. The van der Waals surface area contributed by atoms with Gasteiger partial charge in [-0.2, -0.15) is 0 Å². The fraction of sp³-hybridized carbons (Fsp3) is 0. The number of aliphatic imine (C=N–C) groups is 1. The van der Waals surface area contributed by atoms with E-state index < -0.39 is 0 Å². The summed E-state index contributed by atoms with van der Waals surface area (Å²) in [6, 6.07) is 28.6. The third-order valence-corrected chi connectivity index (χ3v) is 4.03. The lowest BCUT2D eigenvalue weighted by Gasteiger charge is -2.08. The molecule has 116 valence electrons. The molecule has 0 bridgehead atoms. The maximum atomic E-state index is 6.11. The smallest absolute Gasteiger partial charge is 0.198 e. The van der Waals surface area contributed by atoms with Crippen molar-refractivity contribution < 1.29 is 0 Å². The van der Waals surface area contributed by atoms with Crippen LogP contribution < -0.4 is 11.1 Å². The highest BCUT2D eigenvalue weighted by atomic mass is 15.1. The normalized spacial score (nSPS) is 11.8. The molecule has 0 unspecified atom stereocenters. The van der Waals surface area contributed by atoms with Gasteiger partial charge in [0.25, 0.3) is 0 Å². The average Bonchev–Trinajstić information content (AvgIpc) is 2.62. The van der Waals surface area contributed by atoms with Gasteiger partial charge >= 0.3 is 0 Å². The highest BCUT2D eigenvalue weighted by Gasteiger charge is 2.01. The zero-order valence-electron chi connectivity index (χ0n) is 13.1. The second-order valence-corrected chi connectivity index (χ2v) is 5.68. The van der Waals surface area contributed by atoms with E-state index in [1.807, 2.05) is 42.5 Å². The zero-order valence-corrected chi connectivity index (χ0v) is 13.1. The van der Waals surface area contributed by atoms with Gasteiger partial charge in [-0.1, -0.05) is 66.7 Å². The molecule has 0 aromatic heterocycles. The third-order valence-electron chi connectivity index (χ3n) is 4.03. The minimum absolute atomic E-state index is 0.377. The largest absolute Gasteiger partial charge is 0.369 e. The van der Waals surface area contributed by atoms with Crippen LogP contribution >= 0.6 is 0 Å². The zero-order chi connectivity index (χ0) is 16.4. The van der Waals surface area contributed by atoms with E-state index in [1.165, 1.54) is 10.8 Å². The molecular formula is C21H17N3. The van der Waals surface area contributed by atoms with Gasteiger partial charge < -0.3 is 11.1 Å². The van der Waals surface area contributed by atoms with Crippen molar-refractivity contribution in [3.8, 4) is 0 Å². The van der Waals surface area contributed by atoms with E-state index in [0.29, 0.717) is 5.96 Å². The lowest BCUT2D eigenvalue weighted by molar-refractivity contribution is 1.46. The second-order valence-electron chi connectivity index (χ2n) is 5.68. The number of guanidine groups is 1. The lowest BCUT2D eigenvalue weighted by Crippen LogP contribution is -2.21. The average molecular weight is 311 g/mol. The first-order valence-electron chi connectivity index (χ1n) is 7.87. The summed E-state index contributed by atoms with van der Waals surface area (Å²) >= 11 is 0. The Balaban J connectivity index is 1.66. The molecule has 0 radical (unpaired) electrons. The molecule has 0 saturated carbocycles. The Morgan fingerprint density at radius 1 is 0.708 bits per heavy atom. The fourth-order valence-corrected chi connectivity index (χ4v) is 2.88. The molecule has 24 heavy (non-hydrogen) atoms. The molecule has 0 amide bonds. The first kappa shape index (κ1) is 14.3. The van der Waals surface area contributed by atoms with Gasteiger partial charge in [-0.25, -0.2) is 4.99 Å². The molecule has 0 aliphatic rings. The molecule has 0 spiro atoms. The van der Waals surface area contributed by atoms with Gasteiger partial charge in [0.05, 0.1) is 5.69 Å². The van der Waals surface area contributed by atoms with Crippen LogP contribution in [0.15, 0.2) is 89.9 Å². The molecule has 0 saturated heterocycles. The molecule has 3 nitrogen and oxygen atoms in total. The van der Waals surface area contributed by atoms with Crippen molar-refractivity contribution in [2.45, 2.75) is 0 Å². The Hall–Kier alpha value is -3.33. The Morgan fingerprint density at radius 3 is 2.29 bits per heavy atom. The molecule has 0 fully saturated rings. The fourth-order valence-electron chi connectivity index (χ4n) is 2.88. The predicted molar refractivity (Wildman–Crippen MR) is 103 cm³/mol. The van der Waals surface area contributed by atoms with Crippen LogP contribution in [-0.2, 0) is 0 Å². The summed E-state index contributed by atoms with van der Waals surface area (Å²) in [6.07, 6.45) is 0. The van der Waals surface area contributed by atoms with Crippen molar-refractivity contribution in [3.05, 3.63) is 84.9 Å². The number of fused-ring (bicyclic) bond motifs is 2. The number of hydrogen-bond donors (Lipinski definition) is 2. The van der Waals surface area contributed by atoms with Crippen LogP contribution in [0.25, 0.3) is 21.5 Å². The molecule has 4 aromatic rings. The Morgan fingerprint density at radius 2 is 1.42 bits per heavy atom. The van der Waals surface area contributed by atoms with Gasteiger partial charge in [0.15, 0.2) is 5.96 Å². The minimum Gasteiger partial charge on any atom is -0.369 e. The quantitative estimate of drug-likeness (QED) is 0.402. The Labute approximate surface area is 140 Å². The van der Waals surface area contributed by atoms with Crippen LogP contribution in [-0.4, -0.2) is 5.96 Å². The number of rotatable bonds is 2. The van der Waals surface area contributed by atoms with Crippen molar-refractivity contribution in [1.82, 2.24) is 0 Å². The van der Waals surface area contributed by atoms with E-state index >= 15 is 0 Å². The van der Waals surface area contributed by atoms with E-state index in [0.717, 1.165) is 22.1 Å². The van der Waals surface area contributed by atoms with Gasteiger partial charge in [-0.3, -0.25) is 0 Å². The molecule has 4 rings (SSSR count). The van der Waals surface area contributed by atoms with E-state index in [2.05, 4.69) is 52.8 Å². The highest BCUT2D eigenvalue weighted by molar-refractivity contribution is 6.00. The van der Waals surface area contributed by atoms with E-state index in [-0.39, 0.29) is 0 Å². The van der Waals surface area contributed by atoms with Crippen LogP contribution in [0.3, 0.4) is 0 Å². The number of nitrogens with two attached hydrogens (primary N) is 1. The first-order chi connectivity index (χ1) is 11.8. The van der Waals surface area contributed by atoms with Crippen molar-refractivity contribution in [3.63, 3.8) is 0 Å². The van der Waals surface area contributed by atoms with Crippen molar-refractivity contribution in [2.75, 3.05) is 5.32 Å². The molecule has 0 aliphatic carbocycles. The highest BCUT2D eigenvalue weighted by Crippen LogP contribution is 2.25. The van der Waals surface area contributed by atoms with Gasteiger partial charge in [-0.15, -0.1) is 0 Å². The second kappa shape index (κ2) is 6.05. The van der Waals surface area contributed by atoms with Crippen LogP contribution in [0.2, 0.25) is 0 Å². The van der Waals surface area contributed by atoms with E-state index in [1.54, 1.807) is 0 Å². The van der Waals surface area contributed by atoms with Crippen LogP contribution in [0, 0.1) is 0 Å². The maximum absolute atomic E-state index is 6.11. The van der Waals surface area contributed by atoms with Crippen molar-refractivity contribution >= 4 is 38.9 Å². The molecule has 4 aromatic carbocycles. The third kappa shape index (κ3) is 2.79. The molecule has 0 heterocycles. The number of benzene rings is 4. The minimum atomic E-state index is 0.377. The van der Waals surface area contributed by atoms with Crippen molar-refractivity contribution in [1.29, 1.82) is 0 Å². The van der Waals surface area contributed by atoms with Gasteiger partial charge in [0.2, 0.25) is 0 Å². The topological polar surface area (TPSA) is 50.4 Å². The summed E-state index contributed by atoms with van der Waals surface area (Å²) in [6.45, 7) is 0. The van der Waals surface area contributed by atoms with Crippen LogP contribution in [0.1, 0.15) is 0 Å². The number of anilines is 1. The summed E-state index contributed by atoms with van der Waals surface area (Å²) < 4.78 is 0. The molecule has 0 atom stereocenters. The molecular weight excluding hydrogens is 294 g/mol. The first-order valence-corrected chi connectivity index (χ1v) is 7.87. The molecule has 3 heteroatoms. The van der Waals surface area contributed by atoms with Crippen molar-refractivity contribution in [2.24, 2.45) is 10.7 Å². The maximum Gasteiger partial charge on any atom is 0.198 e. The summed E-state index contributed by atoms with van der Waals surface area (Å²) in [7, 11) is 0. The van der Waals surface area contributed by atoms with E-state index in [4.69, 9.17) is 5.73 Å². The Bertz CT molecular complexity index is 1050. The lowest BCUT2D eigenvalue weighted by atomic mass is 10.1. The number of nitrogens with zero attached hydrogens (tertiary/aromatic N) is 1. The van der Waals surface area contributed by atoms with Gasteiger partial charge in [-0.05, 0) is 34.4 Å². The molecule has 0 aliphatic heterocycles. The van der Waals surface area contributed by atoms with Crippen LogP contribution in [0.4, 0.5) is 11.4 Å². The van der Waals surface area contributed by atoms with Crippen LogP contribution in [0.5, 0.6) is 0 Å². The standard InChI is InChI=1S/C21H17N3/c22-21(23-18-13-12-15-6-1-2-8-17(15)14-18)24-20-11-5-9-16-7-3-4-10-19(16)20/h1-14H,(H3,22,23,24). The predicted octanol–water partition coefficient (Wildman–Crippen LogP) is 5.05. The molecule has 3 N–H and O–H groups in total. The van der Waals surface area contributed by atoms with E-state index in [9.17, 15) is 0 Å². The van der Waals surface area contributed by atoms with Gasteiger partial charge in [0.1, 0.15) is 0 Å². The van der Waals surface area contributed by atoms with Gasteiger partial charge in [0, 0.05) is 11.1 Å². The Kier molecular flexibility index (Phi) is 3.60. The summed E-state index contributed by atoms with van der Waals surface area (Å²) in [5.41, 5.74) is 7.90. The monoisotopic (exact) mass is 311 g/mol. The summed E-state index contributed by atoms with van der Waals surface area (Å²) in [5, 5.41) is 7.78.